The fourth-order valence-electron chi connectivity index (χ4n) is 1.40. The zero-order chi connectivity index (χ0) is 13.1. The highest BCUT2D eigenvalue weighted by Crippen LogP contribution is 2.26. The first-order valence-electron chi connectivity index (χ1n) is 5.13. The van der Waals surface area contributed by atoms with Crippen molar-refractivity contribution in [2.24, 2.45) is 5.73 Å². The molecule has 0 radical (unpaired) electrons. The lowest BCUT2D eigenvalue weighted by atomic mass is 10.0. The molecular weight excluding hydrogens is 271 g/mol. The minimum absolute atomic E-state index is 0. The largest absolute Gasteiger partial charge is 0.573 e. The third-order valence-electron chi connectivity index (χ3n) is 2.31. The van der Waals surface area contributed by atoms with Gasteiger partial charge in [0.05, 0.1) is 12.1 Å². The quantitative estimate of drug-likeness (QED) is 0.894. The molecule has 0 heterocycles. The van der Waals surface area contributed by atoms with E-state index >= 15 is 0 Å². The fraction of sp³-hybridized carbons (Fsp3) is 0.455. The number of rotatable bonds is 4. The number of aliphatic hydroxyl groups excluding tert-OH is 1. The summed E-state index contributed by atoms with van der Waals surface area (Å²) in [5, 5.41) is 9.52. The predicted molar refractivity (Wildman–Crippen MR) is 63.6 cm³/mol. The van der Waals surface area contributed by atoms with Gasteiger partial charge in [-0.25, -0.2) is 0 Å². The molecule has 1 aromatic rings. The second-order valence-electron chi connectivity index (χ2n) is 3.62. The van der Waals surface area contributed by atoms with Crippen molar-refractivity contribution in [1.29, 1.82) is 0 Å². The number of hydrogen-bond acceptors (Lipinski definition) is 3. The van der Waals surface area contributed by atoms with Crippen LogP contribution in [0, 0.1) is 0 Å². The molecule has 7 heteroatoms. The Labute approximate surface area is 109 Å². The van der Waals surface area contributed by atoms with Gasteiger partial charge < -0.3 is 15.6 Å². The Morgan fingerprint density at radius 1 is 1.39 bits per heavy atom. The van der Waals surface area contributed by atoms with E-state index in [-0.39, 0.29) is 18.2 Å². The maximum absolute atomic E-state index is 12.0. The first-order valence-corrected chi connectivity index (χ1v) is 5.13. The van der Waals surface area contributed by atoms with E-state index in [1.54, 1.807) is 13.0 Å². The van der Waals surface area contributed by atoms with Crippen LogP contribution in [0.4, 0.5) is 13.2 Å². The van der Waals surface area contributed by atoms with Crippen molar-refractivity contribution < 1.29 is 23.0 Å². The Kier molecular flexibility index (Phi) is 6.45. The summed E-state index contributed by atoms with van der Waals surface area (Å²) in [5.41, 5.74) is 6.10. The standard InChI is InChI=1S/C11H14F3NO2.ClH/c1-2-9(16)10(15)7-4-3-5-8(6-7)17-11(12,13)14;/h3-6,9-10,16H,2,15H2,1H3;1H/t9-,10+;/m0./s1. The van der Waals surface area contributed by atoms with E-state index in [9.17, 15) is 18.3 Å². The fourth-order valence-corrected chi connectivity index (χ4v) is 1.40. The van der Waals surface area contributed by atoms with E-state index in [2.05, 4.69) is 4.74 Å². The van der Waals surface area contributed by atoms with Gasteiger partial charge in [-0.05, 0) is 24.1 Å². The Bertz CT molecular complexity index is 374. The Balaban J connectivity index is 0.00000289. The molecule has 104 valence electrons. The van der Waals surface area contributed by atoms with Gasteiger partial charge in [-0.1, -0.05) is 19.1 Å². The molecule has 1 aromatic carbocycles. The Hall–Kier alpha value is -0.980. The van der Waals surface area contributed by atoms with E-state index in [0.717, 1.165) is 0 Å². The second kappa shape index (κ2) is 6.82. The zero-order valence-corrected chi connectivity index (χ0v) is 10.5. The van der Waals surface area contributed by atoms with E-state index in [4.69, 9.17) is 5.73 Å². The van der Waals surface area contributed by atoms with Crippen LogP contribution in [0.3, 0.4) is 0 Å². The van der Waals surface area contributed by atoms with Crippen molar-refractivity contribution in [1.82, 2.24) is 0 Å². The van der Waals surface area contributed by atoms with E-state index in [1.807, 2.05) is 0 Å². The van der Waals surface area contributed by atoms with Gasteiger partial charge in [0.25, 0.3) is 0 Å². The lowest BCUT2D eigenvalue weighted by Gasteiger charge is -2.18. The van der Waals surface area contributed by atoms with Crippen LogP contribution < -0.4 is 10.5 Å². The lowest BCUT2D eigenvalue weighted by Crippen LogP contribution is -2.25. The maximum atomic E-state index is 12.0. The molecule has 3 N–H and O–H groups in total. The lowest BCUT2D eigenvalue weighted by molar-refractivity contribution is -0.274. The number of nitrogens with two attached hydrogens (primary N) is 1. The highest BCUT2D eigenvalue weighted by atomic mass is 35.5. The van der Waals surface area contributed by atoms with Crippen LogP contribution in [0.25, 0.3) is 0 Å². The number of halogens is 4. The van der Waals surface area contributed by atoms with Gasteiger partial charge in [0.15, 0.2) is 0 Å². The highest BCUT2D eigenvalue weighted by Gasteiger charge is 2.31. The summed E-state index contributed by atoms with van der Waals surface area (Å²) in [6.07, 6.45) is -5.10. The summed E-state index contributed by atoms with van der Waals surface area (Å²) in [7, 11) is 0. The van der Waals surface area contributed by atoms with Crippen molar-refractivity contribution in [2.45, 2.75) is 31.9 Å². The maximum Gasteiger partial charge on any atom is 0.573 e. The van der Waals surface area contributed by atoms with Crippen LogP contribution in [-0.4, -0.2) is 17.6 Å². The van der Waals surface area contributed by atoms with Gasteiger partial charge in [0.1, 0.15) is 5.75 Å². The molecule has 3 nitrogen and oxygen atoms in total. The first kappa shape index (κ1) is 17.0. The molecule has 0 amide bonds. The summed E-state index contributed by atoms with van der Waals surface area (Å²) in [6, 6.07) is 4.58. The third kappa shape index (κ3) is 5.12. The van der Waals surface area contributed by atoms with Crippen LogP contribution in [0.2, 0.25) is 0 Å². The van der Waals surface area contributed by atoms with Gasteiger partial charge in [-0.15, -0.1) is 25.6 Å². The molecule has 18 heavy (non-hydrogen) atoms. The molecule has 0 aliphatic rings. The summed E-state index contributed by atoms with van der Waals surface area (Å²) in [4.78, 5) is 0. The summed E-state index contributed by atoms with van der Waals surface area (Å²) in [5.74, 6) is -0.339. The number of aliphatic hydroxyl groups is 1. The minimum Gasteiger partial charge on any atom is -0.406 e. The molecule has 0 aromatic heterocycles. The summed E-state index contributed by atoms with van der Waals surface area (Å²) < 4.78 is 39.8. The average Bonchev–Trinajstić information content (AvgIpc) is 2.25. The van der Waals surface area contributed by atoms with Crippen LogP contribution in [-0.2, 0) is 0 Å². The molecule has 0 spiro atoms. The molecule has 2 atom stereocenters. The highest BCUT2D eigenvalue weighted by molar-refractivity contribution is 5.85. The van der Waals surface area contributed by atoms with Gasteiger partial charge in [0, 0.05) is 0 Å². The van der Waals surface area contributed by atoms with Crippen LogP contribution in [0.5, 0.6) is 5.75 Å². The van der Waals surface area contributed by atoms with Gasteiger partial charge in [-0.2, -0.15) is 0 Å². The van der Waals surface area contributed by atoms with Crippen molar-refractivity contribution in [3.63, 3.8) is 0 Å². The van der Waals surface area contributed by atoms with Crippen molar-refractivity contribution >= 4 is 12.4 Å². The van der Waals surface area contributed by atoms with Gasteiger partial charge in [-0.3, -0.25) is 0 Å². The normalized spacial score (nSPS) is 14.6. The first-order chi connectivity index (χ1) is 7.83. The summed E-state index contributed by atoms with van der Waals surface area (Å²) >= 11 is 0. The monoisotopic (exact) mass is 285 g/mol. The number of alkyl halides is 3. The van der Waals surface area contributed by atoms with Gasteiger partial charge >= 0.3 is 6.36 Å². The molecule has 1 rings (SSSR count). The summed E-state index contributed by atoms with van der Waals surface area (Å²) in [6.45, 7) is 1.74. The average molecular weight is 286 g/mol. The number of benzene rings is 1. The van der Waals surface area contributed by atoms with Crippen molar-refractivity contribution in [2.75, 3.05) is 0 Å². The third-order valence-corrected chi connectivity index (χ3v) is 2.31. The molecular formula is C11H15ClF3NO2. The van der Waals surface area contributed by atoms with E-state index in [1.165, 1.54) is 18.2 Å². The molecule has 0 saturated heterocycles. The molecule has 0 aliphatic heterocycles. The van der Waals surface area contributed by atoms with Crippen molar-refractivity contribution in [3.05, 3.63) is 29.8 Å². The number of hydrogen-bond donors (Lipinski definition) is 2. The Morgan fingerprint density at radius 2 is 2.00 bits per heavy atom. The van der Waals surface area contributed by atoms with Crippen LogP contribution in [0.1, 0.15) is 24.9 Å². The molecule has 0 bridgehead atoms. The number of ether oxygens (including phenoxy) is 1. The van der Waals surface area contributed by atoms with E-state index < -0.39 is 18.5 Å². The molecule has 0 fully saturated rings. The van der Waals surface area contributed by atoms with Crippen molar-refractivity contribution in [3.8, 4) is 5.75 Å². The molecule has 0 aliphatic carbocycles. The minimum atomic E-state index is -4.73. The van der Waals surface area contributed by atoms with Gasteiger partial charge in [0.2, 0.25) is 0 Å². The molecule has 0 unspecified atom stereocenters. The predicted octanol–water partition coefficient (Wildman–Crippen LogP) is 2.78. The molecule has 0 saturated carbocycles. The smallest absolute Gasteiger partial charge is 0.406 e. The SMILES string of the molecule is CC[C@H](O)[C@H](N)c1cccc(OC(F)(F)F)c1.Cl. The van der Waals surface area contributed by atoms with E-state index in [0.29, 0.717) is 12.0 Å². The van der Waals surface area contributed by atoms with Crippen LogP contribution in [0.15, 0.2) is 24.3 Å². The second-order valence-corrected chi connectivity index (χ2v) is 3.62. The topological polar surface area (TPSA) is 55.5 Å². The van der Waals surface area contributed by atoms with Crippen LogP contribution >= 0.6 is 12.4 Å². The zero-order valence-electron chi connectivity index (χ0n) is 9.65. The Morgan fingerprint density at radius 3 is 2.50 bits per heavy atom.